The predicted octanol–water partition coefficient (Wildman–Crippen LogP) is 4.37. The van der Waals surface area contributed by atoms with Gasteiger partial charge in [-0.2, -0.15) is 4.98 Å². The van der Waals surface area contributed by atoms with Crippen LogP contribution in [0.15, 0.2) is 30.3 Å². The lowest BCUT2D eigenvalue weighted by Gasteiger charge is -2.31. The summed E-state index contributed by atoms with van der Waals surface area (Å²) >= 11 is 5.58. The molecule has 2 aliphatic rings. The standard InChI is InChI=1S/C25H36N6S/c1-17(18-9-5-4-6-10-18)26-25(32)28-20-15-13-19(14-16-20)27-24-29-22-12-8-7-11-21(22)23(30-24)31(2)3/h4-6,9-10,17,19-20H,7-8,11-16H2,1-3H3,(H2,26,28,32)(H,27,29,30). The first-order valence-corrected chi connectivity index (χ1v) is 12.4. The van der Waals surface area contributed by atoms with Crippen molar-refractivity contribution < 1.29 is 0 Å². The molecule has 1 unspecified atom stereocenters. The predicted molar refractivity (Wildman–Crippen MR) is 136 cm³/mol. The molecule has 1 aromatic heterocycles. The molecule has 2 aliphatic carbocycles. The van der Waals surface area contributed by atoms with Gasteiger partial charge in [-0.3, -0.25) is 0 Å². The lowest BCUT2D eigenvalue weighted by Crippen LogP contribution is -2.45. The van der Waals surface area contributed by atoms with E-state index in [1.54, 1.807) is 0 Å². The molecule has 0 aliphatic heterocycles. The monoisotopic (exact) mass is 452 g/mol. The van der Waals surface area contributed by atoms with Gasteiger partial charge in [-0.05, 0) is 76.1 Å². The zero-order valence-electron chi connectivity index (χ0n) is 19.5. The lowest BCUT2D eigenvalue weighted by molar-refractivity contribution is 0.384. The molecule has 32 heavy (non-hydrogen) atoms. The second-order valence-electron chi connectivity index (χ2n) is 9.34. The third-order valence-electron chi connectivity index (χ3n) is 6.63. The van der Waals surface area contributed by atoms with Crippen LogP contribution in [-0.4, -0.2) is 41.3 Å². The summed E-state index contributed by atoms with van der Waals surface area (Å²) in [5, 5.41) is 11.3. The first-order valence-electron chi connectivity index (χ1n) is 11.9. The average Bonchev–Trinajstić information content (AvgIpc) is 2.80. The molecule has 4 rings (SSSR count). The molecule has 7 heteroatoms. The van der Waals surface area contributed by atoms with Gasteiger partial charge in [-0.15, -0.1) is 0 Å². The summed E-state index contributed by atoms with van der Waals surface area (Å²) in [5.41, 5.74) is 3.81. The normalized spacial score (nSPS) is 21.2. The van der Waals surface area contributed by atoms with E-state index in [1.807, 2.05) is 6.07 Å². The molecule has 1 fully saturated rings. The Kier molecular flexibility index (Phi) is 7.45. The largest absolute Gasteiger partial charge is 0.362 e. The number of aryl methyl sites for hydroxylation is 1. The molecule has 0 bridgehead atoms. The van der Waals surface area contributed by atoms with E-state index in [1.165, 1.54) is 29.7 Å². The maximum Gasteiger partial charge on any atom is 0.225 e. The third-order valence-corrected chi connectivity index (χ3v) is 6.86. The van der Waals surface area contributed by atoms with Crippen LogP contribution in [0.1, 0.15) is 68.3 Å². The molecular formula is C25H36N6S. The topological polar surface area (TPSA) is 65.1 Å². The Labute approximate surface area is 197 Å². The van der Waals surface area contributed by atoms with E-state index in [0.29, 0.717) is 12.1 Å². The van der Waals surface area contributed by atoms with Gasteiger partial charge in [0.05, 0.1) is 11.7 Å². The number of anilines is 2. The third kappa shape index (κ3) is 5.68. The van der Waals surface area contributed by atoms with Crippen molar-refractivity contribution in [2.75, 3.05) is 24.3 Å². The van der Waals surface area contributed by atoms with Crippen LogP contribution in [0.25, 0.3) is 0 Å². The van der Waals surface area contributed by atoms with E-state index in [2.05, 4.69) is 66.1 Å². The van der Waals surface area contributed by atoms with Gasteiger partial charge in [-0.25, -0.2) is 4.98 Å². The van der Waals surface area contributed by atoms with Crippen LogP contribution >= 0.6 is 12.2 Å². The van der Waals surface area contributed by atoms with Gasteiger partial charge in [0.2, 0.25) is 5.95 Å². The Balaban J connectivity index is 1.28. The summed E-state index contributed by atoms with van der Waals surface area (Å²) in [6.45, 7) is 2.14. The Morgan fingerprint density at radius 2 is 1.69 bits per heavy atom. The van der Waals surface area contributed by atoms with Crippen molar-refractivity contribution in [1.29, 1.82) is 0 Å². The number of hydrogen-bond acceptors (Lipinski definition) is 5. The molecule has 172 valence electrons. The molecule has 2 aromatic rings. The van der Waals surface area contributed by atoms with Gasteiger partial charge in [0.25, 0.3) is 0 Å². The smallest absolute Gasteiger partial charge is 0.225 e. The van der Waals surface area contributed by atoms with Crippen molar-refractivity contribution >= 4 is 29.1 Å². The summed E-state index contributed by atoms with van der Waals surface area (Å²) in [5.74, 6) is 1.87. The van der Waals surface area contributed by atoms with E-state index in [0.717, 1.165) is 55.4 Å². The Bertz CT molecular complexity index is 908. The van der Waals surface area contributed by atoms with Gasteiger partial charge in [0.15, 0.2) is 5.11 Å². The quantitative estimate of drug-likeness (QED) is 0.563. The molecule has 0 radical (unpaired) electrons. The second kappa shape index (κ2) is 10.5. The van der Waals surface area contributed by atoms with E-state index < -0.39 is 0 Å². The molecule has 1 aromatic carbocycles. The number of thiocarbonyl (C=S) groups is 1. The maximum atomic E-state index is 5.58. The van der Waals surface area contributed by atoms with Crippen LogP contribution < -0.4 is 20.9 Å². The van der Waals surface area contributed by atoms with Gasteiger partial charge in [0.1, 0.15) is 5.82 Å². The first kappa shape index (κ1) is 22.8. The first-order chi connectivity index (χ1) is 15.5. The van der Waals surface area contributed by atoms with Gasteiger partial charge in [-0.1, -0.05) is 30.3 Å². The van der Waals surface area contributed by atoms with Crippen LogP contribution in [-0.2, 0) is 12.8 Å². The van der Waals surface area contributed by atoms with Crippen LogP contribution in [0.3, 0.4) is 0 Å². The SMILES string of the molecule is CC(NC(=S)NC1CCC(Nc2nc3c(c(N(C)C)n2)CCCC3)CC1)c1ccccc1. The minimum Gasteiger partial charge on any atom is -0.362 e. The van der Waals surface area contributed by atoms with E-state index >= 15 is 0 Å². The molecule has 1 heterocycles. The molecule has 3 N–H and O–H groups in total. The minimum absolute atomic E-state index is 0.196. The minimum atomic E-state index is 0.196. The van der Waals surface area contributed by atoms with Gasteiger partial charge < -0.3 is 20.9 Å². The highest BCUT2D eigenvalue weighted by Crippen LogP contribution is 2.29. The second-order valence-corrected chi connectivity index (χ2v) is 9.75. The molecular weight excluding hydrogens is 416 g/mol. The van der Waals surface area contributed by atoms with Crippen LogP contribution in [0, 0.1) is 0 Å². The highest BCUT2D eigenvalue weighted by molar-refractivity contribution is 7.80. The fourth-order valence-corrected chi connectivity index (χ4v) is 5.17. The zero-order chi connectivity index (χ0) is 22.5. The van der Waals surface area contributed by atoms with Crippen molar-refractivity contribution in [1.82, 2.24) is 20.6 Å². The van der Waals surface area contributed by atoms with Crippen molar-refractivity contribution in [3.63, 3.8) is 0 Å². The molecule has 6 nitrogen and oxygen atoms in total. The molecule has 1 atom stereocenters. The van der Waals surface area contributed by atoms with E-state index in [-0.39, 0.29) is 6.04 Å². The average molecular weight is 453 g/mol. The number of nitrogens with one attached hydrogen (secondary N) is 3. The molecule has 0 saturated heterocycles. The summed E-state index contributed by atoms with van der Waals surface area (Å²) in [4.78, 5) is 11.9. The van der Waals surface area contributed by atoms with Crippen molar-refractivity contribution in [2.24, 2.45) is 0 Å². The summed E-state index contributed by atoms with van der Waals surface area (Å²) in [6, 6.07) is 11.4. The van der Waals surface area contributed by atoms with Crippen molar-refractivity contribution in [2.45, 2.75) is 76.4 Å². The Morgan fingerprint density at radius 3 is 2.41 bits per heavy atom. The van der Waals surface area contributed by atoms with Crippen molar-refractivity contribution in [3.8, 4) is 0 Å². The summed E-state index contributed by atoms with van der Waals surface area (Å²) < 4.78 is 0. The summed E-state index contributed by atoms with van der Waals surface area (Å²) in [6.07, 6.45) is 8.98. The fourth-order valence-electron chi connectivity index (χ4n) is 4.82. The van der Waals surface area contributed by atoms with Crippen LogP contribution in [0.2, 0.25) is 0 Å². The highest BCUT2D eigenvalue weighted by atomic mass is 32.1. The highest BCUT2D eigenvalue weighted by Gasteiger charge is 2.24. The van der Waals surface area contributed by atoms with Crippen LogP contribution in [0.5, 0.6) is 0 Å². The van der Waals surface area contributed by atoms with Crippen LogP contribution in [0.4, 0.5) is 11.8 Å². The molecule has 1 saturated carbocycles. The number of fused-ring (bicyclic) bond motifs is 1. The fraction of sp³-hybridized carbons (Fsp3) is 0.560. The molecule has 0 spiro atoms. The number of nitrogens with zero attached hydrogens (tertiary/aromatic N) is 3. The Morgan fingerprint density at radius 1 is 1.00 bits per heavy atom. The zero-order valence-corrected chi connectivity index (χ0v) is 20.3. The summed E-state index contributed by atoms with van der Waals surface area (Å²) in [7, 11) is 4.15. The lowest BCUT2D eigenvalue weighted by atomic mass is 9.91. The van der Waals surface area contributed by atoms with Gasteiger partial charge >= 0.3 is 0 Å². The van der Waals surface area contributed by atoms with E-state index in [9.17, 15) is 0 Å². The molecule has 0 amide bonds. The van der Waals surface area contributed by atoms with Crippen molar-refractivity contribution in [3.05, 3.63) is 47.2 Å². The Hall–Kier alpha value is -2.41. The maximum absolute atomic E-state index is 5.58. The number of rotatable bonds is 6. The number of hydrogen-bond donors (Lipinski definition) is 3. The number of benzene rings is 1. The number of aromatic nitrogens is 2. The van der Waals surface area contributed by atoms with Gasteiger partial charge in [0, 0.05) is 31.7 Å². The van der Waals surface area contributed by atoms with E-state index in [4.69, 9.17) is 22.2 Å².